The zero-order chi connectivity index (χ0) is 22.1. The van der Waals surface area contributed by atoms with Gasteiger partial charge in [0.2, 0.25) is 10.0 Å². The lowest BCUT2D eigenvalue weighted by molar-refractivity contribution is 0.0951. The first-order valence-electron chi connectivity index (χ1n) is 10.4. The molecule has 0 bridgehead atoms. The molecule has 0 aliphatic carbocycles. The number of carbonyl (C=O) groups excluding carboxylic acids is 1. The molecule has 30 heavy (non-hydrogen) atoms. The SMILES string of the molecule is CCN(CC)Cc1ccc(C(=O)NCc2ccc(CS(=O)(=O)NC(C)C)cc2)cc1. The Balaban J connectivity index is 1.88. The van der Waals surface area contributed by atoms with Gasteiger partial charge in [0.25, 0.3) is 5.91 Å². The lowest BCUT2D eigenvalue weighted by atomic mass is 10.1. The molecule has 1 amide bonds. The average Bonchev–Trinajstić information content (AvgIpc) is 2.70. The van der Waals surface area contributed by atoms with Crippen molar-refractivity contribution in [2.45, 2.75) is 52.6 Å². The highest BCUT2D eigenvalue weighted by molar-refractivity contribution is 7.88. The largest absolute Gasteiger partial charge is 0.348 e. The van der Waals surface area contributed by atoms with Crippen LogP contribution in [0.4, 0.5) is 0 Å². The van der Waals surface area contributed by atoms with Gasteiger partial charge in [0, 0.05) is 24.7 Å². The number of carbonyl (C=O) groups is 1. The van der Waals surface area contributed by atoms with E-state index in [9.17, 15) is 13.2 Å². The van der Waals surface area contributed by atoms with Crippen LogP contribution in [0.5, 0.6) is 0 Å². The van der Waals surface area contributed by atoms with E-state index in [-0.39, 0.29) is 17.7 Å². The van der Waals surface area contributed by atoms with Gasteiger partial charge in [-0.3, -0.25) is 9.69 Å². The summed E-state index contributed by atoms with van der Waals surface area (Å²) in [5.41, 5.74) is 3.44. The van der Waals surface area contributed by atoms with Crippen molar-refractivity contribution in [2.75, 3.05) is 13.1 Å². The van der Waals surface area contributed by atoms with Crippen LogP contribution in [0.15, 0.2) is 48.5 Å². The number of rotatable bonds is 11. The van der Waals surface area contributed by atoms with Crippen LogP contribution in [0.1, 0.15) is 54.7 Å². The highest BCUT2D eigenvalue weighted by Crippen LogP contribution is 2.10. The molecule has 0 atom stereocenters. The molecule has 6 nitrogen and oxygen atoms in total. The van der Waals surface area contributed by atoms with E-state index in [4.69, 9.17) is 0 Å². The van der Waals surface area contributed by atoms with Crippen molar-refractivity contribution in [3.63, 3.8) is 0 Å². The maximum Gasteiger partial charge on any atom is 0.251 e. The summed E-state index contributed by atoms with van der Waals surface area (Å²) in [4.78, 5) is 14.7. The van der Waals surface area contributed by atoms with Crippen LogP contribution in [0, 0.1) is 0 Å². The van der Waals surface area contributed by atoms with E-state index in [1.807, 2.05) is 36.4 Å². The summed E-state index contributed by atoms with van der Waals surface area (Å²) in [6.45, 7) is 11.1. The van der Waals surface area contributed by atoms with Crippen molar-refractivity contribution >= 4 is 15.9 Å². The zero-order valence-corrected chi connectivity index (χ0v) is 19.1. The van der Waals surface area contributed by atoms with Crippen LogP contribution in [0.3, 0.4) is 0 Å². The average molecular weight is 432 g/mol. The lowest BCUT2D eigenvalue weighted by Gasteiger charge is -2.18. The van der Waals surface area contributed by atoms with Gasteiger partial charge in [0.1, 0.15) is 0 Å². The third-order valence-electron chi connectivity index (χ3n) is 4.76. The van der Waals surface area contributed by atoms with Gasteiger partial charge in [-0.2, -0.15) is 0 Å². The topological polar surface area (TPSA) is 78.5 Å². The maximum absolute atomic E-state index is 12.4. The van der Waals surface area contributed by atoms with E-state index >= 15 is 0 Å². The third kappa shape index (κ3) is 7.89. The molecule has 0 aliphatic heterocycles. The Morgan fingerprint density at radius 3 is 1.97 bits per heavy atom. The molecule has 2 aromatic rings. The zero-order valence-electron chi connectivity index (χ0n) is 18.3. The van der Waals surface area contributed by atoms with Crippen molar-refractivity contribution in [2.24, 2.45) is 0 Å². The summed E-state index contributed by atoms with van der Waals surface area (Å²) in [7, 11) is -3.35. The molecule has 0 saturated heterocycles. The standard InChI is InChI=1S/C23H33N3O3S/c1-5-26(6-2)16-20-11-13-22(14-12-20)23(27)24-15-19-7-9-21(10-8-19)17-30(28,29)25-18(3)4/h7-14,18,25H,5-6,15-17H2,1-4H3,(H,24,27). The van der Waals surface area contributed by atoms with Gasteiger partial charge in [-0.15, -0.1) is 0 Å². The fourth-order valence-corrected chi connectivity index (χ4v) is 4.56. The Bertz CT molecular complexity index is 904. The normalized spacial score (nSPS) is 11.8. The van der Waals surface area contributed by atoms with Crippen LogP contribution in [0.25, 0.3) is 0 Å². The minimum atomic E-state index is -3.35. The van der Waals surface area contributed by atoms with Crippen LogP contribution in [-0.2, 0) is 28.9 Å². The highest BCUT2D eigenvalue weighted by atomic mass is 32.2. The summed E-state index contributed by atoms with van der Waals surface area (Å²) in [5, 5.41) is 2.91. The molecular formula is C23H33N3O3S. The number of sulfonamides is 1. The smallest absolute Gasteiger partial charge is 0.251 e. The van der Waals surface area contributed by atoms with Crippen molar-refractivity contribution in [3.8, 4) is 0 Å². The molecule has 0 radical (unpaired) electrons. The first-order chi connectivity index (χ1) is 14.2. The number of nitrogens with zero attached hydrogens (tertiary/aromatic N) is 1. The highest BCUT2D eigenvalue weighted by Gasteiger charge is 2.13. The van der Waals surface area contributed by atoms with Gasteiger partial charge < -0.3 is 5.32 Å². The van der Waals surface area contributed by atoms with Crippen molar-refractivity contribution in [1.29, 1.82) is 0 Å². The second-order valence-corrected chi connectivity index (χ2v) is 9.44. The van der Waals surface area contributed by atoms with Gasteiger partial charge in [0.15, 0.2) is 0 Å². The van der Waals surface area contributed by atoms with E-state index in [2.05, 4.69) is 28.8 Å². The molecule has 0 aromatic heterocycles. The van der Waals surface area contributed by atoms with E-state index in [1.165, 1.54) is 5.56 Å². The van der Waals surface area contributed by atoms with Crippen LogP contribution in [-0.4, -0.2) is 38.4 Å². The molecule has 0 fully saturated rings. The molecule has 2 aromatic carbocycles. The molecule has 2 N–H and O–H groups in total. The van der Waals surface area contributed by atoms with E-state index < -0.39 is 10.0 Å². The summed E-state index contributed by atoms with van der Waals surface area (Å²) in [6, 6.07) is 14.8. The minimum absolute atomic E-state index is 0.0579. The minimum Gasteiger partial charge on any atom is -0.348 e. The third-order valence-corrected chi connectivity index (χ3v) is 6.31. The summed E-state index contributed by atoms with van der Waals surface area (Å²) in [5.74, 6) is -0.185. The Labute approximate surface area is 180 Å². The predicted octanol–water partition coefficient (Wildman–Crippen LogP) is 3.29. The van der Waals surface area contributed by atoms with Gasteiger partial charge in [-0.25, -0.2) is 13.1 Å². The van der Waals surface area contributed by atoms with Crippen molar-refractivity contribution in [1.82, 2.24) is 14.9 Å². The van der Waals surface area contributed by atoms with Gasteiger partial charge in [-0.1, -0.05) is 50.2 Å². The van der Waals surface area contributed by atoms with Crippen LogP contribution in [0.2, 0.25) is 0 Å². The number of amides is 1. The maximum atomic E-state index is 12.4. The number of hydrogen-bond acceptors (Lipinski definition) is 4. The van der Waals surface area contributed by atoms with Crippen LogP contribution < -0.4 is 10.0 Å². The van der Waals surface area contributed by atoms with Crippen LogP contribution >= 0.6 is 0 Å². The lowest BCUT2D eigenvalue weighted by Crippen LogP contribution is -2.31. The molecule has 164 valence electrons. The molecule has 0 aliphatic rings. The Morgan fingerprint density at radius 2 is 1.43 bits per heavy atom. The first kappa shape index (κ1) is 24.1. The fourth-order valence-electron chi connectivity index (χ4n) is 3.12. The summed E-state index contributed by atoms with van der Waals surface area (Å²) in [6.07, 6.45) is 0. The second kappa shape index (κ2) is 11.2. The second-order valence-electron chi connectivity index (χ2n) is 7.69. The molecule has 0 heterocycles. The molecule has 7 heteroatoms. The van der Waals surface area contributed by atoms with E-state index in [1.54, 1.807) is 26.0 Å². The first-order valence-corrected chi connectivity index (χ1v) is 12.0. The Hall–Kier alpha value is -2.22. The number of hydrogen-bond donors (Lipinski definition) is 2. The van der Waals surface area contributed by atoms with Gasteiger partial charge in [-0.05, 0) is 55.8 Å². The molecule has 0 saturated carbocycles. The van der Waals surface area contributed by atoms with Crippen molar-refractivity contribution in [3.05, 3.63) is 70.8 Å². The van der Waals surface area contributed by atoms with E-state index in [0.29, 0.717) is 17.7 Å². The monoisotopic (exact) mass is 431 g/mol. The summed E-state index contributed by atoms with van der Waals surface area (Å²) < 4.78 is 26.6. The number of nitrogens with one attached hydrogen (secondary N) is 2. The fraction of sp³-hybridized carbons (Fsp3) is 0.435. The Kier molecular flexibility index (Phi) is 9.02. The molecule has 2 rings (SSSR count). The quantitative estimate of drug-likeness (QED) is 0.572. The molecular weight excluding hydrogens is 398 g/mol. The molecule has 0 unspecified atom stereocenters. The van der Waals surface area contributed by atoms with Crippen molar-refractivity contribution < 1.29 is 13.2 Å². The van der Waals surface area contributed by atoms with E-state index in [0.717, 1.165) is 25.2 Å². The number of benzene rings is 2. The predicted molar refractivity (Wildman–Crippen MR) is 122 cm³/mol. The summed E-state index contributed by atoms with van der Waals surface area (Å²) >= 11 is 0. The van der Waals surface area contributed by atoms with Gasteiger partial charge in [0.05, 0.1) is 5.75 Å². The van der Waals surface area contributed by atoms with Gasteiger partial charge >= 0.3 is 0 Å². The Morgan fingerprint density at radius 1 is 0.900 bits per heavy atom. The molecule has 0 spiro atoms.